The molecule has 0 fully saturated rings. The van der Waals surface area contributed by atoms with Crippen LogP contribution in [0.4, 0.5) is 4.39 Å². The molecule has 2 atom stereocenters. The highest BCUT2D eigenvalue weighted by Crippen LogP contribution is 2.41. The molecule has 3 rings (SSSR count). The molecule has 1 aliphatic rings. The van der Waals surface area contributed by atoms with Gasteiger partial charge >= 0.3 is 0 Å². The van der Waals surface area contributed by atoms with Gasteiger partial charge in [-0.2, -0.15) is 0 Å². The molecule has 2 N–H and O–H groups in total. The van der Waals surface area contributed by atoms with Crippen molar-refractivity contribution in [2.75, 3.05) is 0 Å². The van der Waals surface area contributed by atoms with Gasteiger partial charge in [0.2, 0.25) is 0 Å². The van der Waals surface area contributed by atoms with Gasteiger partial charge in [-0.15, -0.1) is 0 Å². The van der Waals surface area contributed by atoms with Crippen LogP contribution < -0.4 is 10.5 Å². The number of ether oxygens (including phenoxy) is 1. The monoisotopic (exact) mass is 277 g/mol. The summed E-state index contributed by atoms with van der Waals surface area (Å²) in [5.74, 6) is 0.342. The molecule has 0 saturated heterocycles. The number of rotatable bonds is 1. The highest BCUT2D eigenvalue weighted by Gasteiger charge is 2.29. The third kappa shape index (κ3) is 2.20. The predicted molar refractivity (Wildman–Crippen MR) is 72.8 cm³/mol. The minimum absolute atomic E-state index is 0.175. The molecule has 0 aromatic heterocycles. The zero-order valence-electron chi connectivity index (χ0n) is 10.1. The average Bonchev–Trinajstić information content (AvgIpc) is 2.38. The number of fused-ring (bicyclic) bond motifs is 1. The van der Waals surface area contributed by atoms with Crippen LogP contribution in [0.15, 0.2) is 42.5 Å². The first-order chi connectivity index (χ1) is 9.16. The number of hydrogen-bond acceptors (Lipinski definition) is 2. The Bertz CT molecular complexity index is 597. The Morgan fingerprint density at radius 2 is 1.95 bits per heavy atom. The Labute approximate surface area is 115 Å². The lowest BCUT2D eigenvalue weighted by Crippen LogP contribution is -2.24. The average molecular weight is 278 g/mol. The van der Waals surface area contributed by atoms with Gasteiger partial charge in [-0.3, -0.25) is 0 Å². The molecule has 0 bridgehead atoms. The smallest absolute Gasteiger partial charge is 0.131 e. The molecule has 4 heteroatoms. The third-order valence-electron chi connectivity index (χ3n) is 3.38. The summed E-state index contributed by atoms with van der Waals surface area (Å²) in [6.07, 6.45) is 0.0658. The largest absolute Gasteiger partial charge is 0.485 e. The van der Waals surface area contributed by atoms with Gasteiger partial charge in [0.25, 0.3) is 0 Å². The lowest BCUT2D eigenvalue weighted by molar-refractivity contribution is 0.157. The summed E-state index contributed by atoms with van der Waals surface area (Å²) in [5, 5.41) is 0.372. The normalized spacial score (nSPS) is 21.6. The molecule has 0 radical (unpaired) electrons. The Morgan fingerprint density at radius 1 is 1.16 bits per heavy atom. The van der Waals surface area contributed by atoms with Crippen molar-refractivity contribution in [2.24, 2.45) is 5.73 Å². The zero-order valence-corrected chi connectivity index (χ0v) is 10.9. The summed E-state index contributed by atoms with van der Waals surface area (Å²) in [6, 6.07) is 12.0. The van der Waals surface area contributed by atoms with E-state index in [1.54, 1.807) is 12.1 Å². The van der Waals surface area contributed by atoms with Gasteiger partial charge in [0.15, 0.2) is 0 Å². The maximum Gasteiger partial charge on any atom is 0.131 e. The molecule has 98 valence electrons. The van der Waals surface area contributed by atoms with Gasteiger partial charge in [0.1, 0.15) is 17.7 Å². The van der Waals surface area contributed by atoms with Gasteiger partial charge in [-0.1, -0.05) is 35.9 Å². The highest BCUT2D eigenvalue weighted by atomic mass is 35.5. The molecular formula is C15H13ClFNO. The van der Waals surface area contributed by atoms with Gasteiger partial charge in [-0.05, 0) is 18.2 Å². The maximum atomic E-state index is 13.9. The van der Waals surface area contributed by atoms with E-state index in [1.807, 2.05) is 24.3 Å². The minimum Gasteiger partial charge on any atom is -0.485 e. The molecule has 0 saturated carbocycles. The second-order valence-corrected chi connectivity index (χ2v) is 5.03. The number of nitrogens with two attached hydrogens (primary N) is 1. The van der Waals surface area contributed by atoms with Crippen molar-refractivity contribution in [2.45, 2.75) is 18.6 Å². The molecule has 1 heterocycles. The first-order valence-electron chi connectivity index (χ1n) is 6.12. The molecular weight excluding hydrogens is 265 g/mol. The van der Waals surface area contributed by atoms with Crippen molar-refractivity contribution in [1.82, 2.24) is 0 Å². The summed E-state index contributed by atoms with van der Waals surface area (Å²) < 4.78 is 19.8. The first kappa shape index (κ1) is 12.5. The van der Waals surface area contributed by atoms with Crippen LogP contribution in [0, 0.1) is 5.82 Å². The maximum absolute atomic E-state index is 13.9. The van der Waals surface area contributed by atoms with Crippen molar-refractivity contribution >= 4 is 11.6 Å². The Morgan fingerprint density at radius 3 is 2.74 bits per heavy atom. The number of halogens is 2. The van der Waals surface area contributed by atoms with E-state index in [4.69, 9.17) is 22.1 Å². The zero-order chi connectivity index (χ0) is 13.4. The van der Waals surface area contributed by atoms with Gasteiger partial charge in [-0.25, -0.2) is 4.39 Å². The van der Waals surface area contributed by atoms with Crippen molar-refractivity contribution < 1.29 is 9.13 Å². The van der Waals surface area contributed by atoms with Crippen molar-refractivity contribution in [1.29, 1.82) is 0 Å². The lowest BCUT2D eigenvalue weighted by atomic mass is 9.93. The van der Waals surface area contributed by atoms with Crippen LogP contribution in [-0.2, 0) is 0 Å². The molecule has 0 amide bonds. The third-order valence-corrected chi connectivity index (χ3v) is 3.71. The summed E-state index contributed by atoms with van der Waals surface area (Å²) >= 11 is 6.08. The van der Waals surface area contributed by atoms with Crippen molar-refractivity contribution in [3.8, 4) is 5.75 Å². The summed E-state index contributed by atoms with van der Waals surface area (Å²) in [4.78, 5) is 0. The van der Waals surface area contributed by atoms with Crippen LogP contribution >= 0.6 is 11.6 Å². The van der Waals surface area contributed by atoms with E-state index >= 15 is 0 Å². The van der Waals surface area contributed by atoms with Crippen LogP contribution in [-0.4, -0.2) is 0 Å². The lowest BCUT2D eigenvalue weighted by Gasteiger charge is -2.31. The van der Waals surface area contributed by atoms with Crippen LogP contribution in [0.25, 0.3) is 0 Å². The van der Waals surface area contributed by atoms with E-state index in [0.29, 0.717) is 22.8 Å². The minimum atomic E-state index is -0.446. The van der Waals surface area contributed by atoms with E-state index in [9.17, 15) is 4.39 Å². The van der Waals surface area contributed by atoms with Gasteiger partial charge < -0.3 is 10.5 Å². The van der Waals surface area contributed by atoms with E-state index in [-0.39, 0.29) is 11.9 Å². The molecule has 0 spiro atoms. The Hall–Kier alpha value is -1.58. The molecule has 0 aliphatic carbocycles. The van der Waals surface area contributed by atoms with Crippen LogP contribution in [0.2, 0.25) is 5.02 Å². The Balaban J connectivity index is 2.02. The fraction of sp³-hybridized carbons (Fsp3) is 0.200. The molecule has 2 nitrogen and oxygen atoms in total. The molecule has 1 aliphatic heterocycles. The quantitative estimate of drug-likeness (QED) is 0.855. The molecule has 1 unspecified atom stereocenters. The van der Waals surface area contributed by atoms with E-state index < -0.39 is 6.10 Å². The summed E-state index contributed by atoms with van der Waals surface area (Å²) in [5.41, 5.74) is 7.46. The molecule has 2 aromatic carbocycles. The van der Waals surface area contributed by atoms with Crippen LogP contribution in [0.1, 0.15) is 29.7 Å². The fourth-order valence-corrected chi connectivity index (χ4v) is 2.73. The fourth-order valence-electron chi connectivity index (χ4n) is 2.45. The summed E-state index contributed by atoms with van der Waals surface area (Å²) in [7, 11) is 0. The molecule has 19 heavy (non-hydrogen) atoms. The van der Waals surface area contributed by atoms with Gasteiger partial charge in [0, 0.05) is 23.6 Å². The standard InChI is InChI=1S/C15H13ClFNO/c16-10-5-3-6-11(17)15(10)14-8-12(18)9-4-1-2-7-13(9)19-14/h1-7,12,14H,8,18H2/t12-,14?/m0/s1. The predicted octanol–water partition coefficient (Wildman–Crippen LogP) is 4.00. The SMILES string of the molecule is N[C@H]1CC(c2c(F)cccc2Cl)Oc2ccccc21. The Kier molecular flexibility index (Phi) is 3.17. The second kappa shape index (κ2) is 4.83. The van der Waals surface area contributed by atoms with E-state index in [0.717, 1.165) is 5.56 Å². The van der Waals surface area contributed by atoms with Crippen molar-refractivity contribution in [3.05, 3.63) is 64.4 Å². The first-order valence-corrected chi connectivity index (χ1v) is 6.49. The van der Waals surface area contributed by atoms with Gasteiger partial charge in [0.05, 0.1) is 5.02 Å². The van der Waals surface area contributed by atoms with Crippen molar-refractivity contribution in [3.63, 3.8) is 0 Å². The van der Waals surface area contributed by atoms with E-state index in [2.05, 4.69) is 0 Å². The van der Waals surface area contributed by atoms with Crippen LogP contribution in [0.5, 0.6) is 5.75 Å². The second-order valence-electron chi connectivity index (χ2n) is 4.62. The van der Waals surface area contributed by atoms with Crippen LogP contribution in [0.3, 0.4) is 0 Å². The molecule has 2 aromatic rings. The number of hydrogen-bond donors (Lipinski definition) is 1. The number of para-hydroxylation sites is 1. The number of benzene rings is 2. The van der Waals surface area contributed by atoms with E-state index in [1.165, 1.54) is 6.07 Å². The summed E-state index contributed by atoms with van der Waals surface area (Å²) in [6.45, 7) is 0. The topological polar surface area (TPSA) is 35.2 Å². The highest BCUT2D eigenvalue weighted by molar-refractivity contribution is 6.31.